The molecule has 27 heavy (non-hydrogen) atoms. The highest BCUT2D eigenvalue weighted by molar-refractivity contribution is 5.85. The molecule has 0 bridgehead atoms. The molecule has 1 amide bonds. The zero-order valence-electron chi connectivity index (χ0n) is 16.8. The Bertz CT molecular complexity index is 629. The van der Waals surface area contributed by atoms with Gasteiger partial charge in [-0.2, -0.15) is 0 Å². The van der Waals surface area contributed by atoms with E-state index in [1.807, 2.05) is 32.0 Å². The molecule has 2 N–H and O–H groups in total. The number of amides is 1. The summed E-state index contributed by atoms with van der Waals surface area (Å²) in [4.78, 5) is 27.9. The third-order valence-corrected chi connectivity index (χ3v) is 5.28. The predicted octanol–water partition coefficient (Wildman–Crippen LogP) is 0.104. The van der Waals surface area contributed by atoms with E-state index in [4.69, 9.17) is 9.47 Å². The van der Waals surface area contributed by atoms with Gasteiger partial charge in [-0.3, -0.25) is 4.79 Å². The quantitative estimate of drug-likeness (QED) is 0.628. The molecule has 0 aromatic heterocycles. The van der Waals surface area contributed by atoms with Crippen molar-refractivity contribution in [1.29, 1.82) is 0 Å². The van der Waals surface area contributed by atoms with Gasteiger partial charge in [0.1, 0.15) is 11.8 Å². The zero-order valence-corrected chi connectivity index (χ0v) is 16.8. The fourth-order valence-corrected chi connectivity index (χ4v) is 3.31. The van der Waals surface area contributed by atoms with E-state index in [2.05, 4.69) is 16.3 Å². The van der Waals surface area contributed by atoms with Gasteiger partial charge in [0.2, 0.25) is 0 Å². The van der Waals surface area contributed by atoms with Crippen molar-refractivity contribution < 1.29 is 24.0 Å². The number of quaternary nitrogens is 1. The number of esters is 1. The molecule has 1 heterocycles. The van der Waals surface area contributed by atoms with Crippen LogP contribution in [-0.2, 0) is 14.3 Å². The first kappa shape index (κ1) is 21.0. The minimum absolute atomic E-state index is 0.0429. The Morgan fingerprint density at radius 1 is 1.26 bits per heavy atom. The standard InChI is InChI=1S/C20H31N3O4/c1-5-15(2)19(20(25)27-4)21-18(24)14-22-9-11-23(12-10-22)16-7-6-8-17(13-16)26-3/h6-8,13,15,19H,5,9-12,14H2,1-4H3,(H,21,24)/p+1/t15-,19+/m1/s1. The maximum atomic E-state index is 12.4. The van der Waals surface area contributed by atoms with E-state index >= 15 is 0 Å². The van der Waals surface area contributed by atoms with Crippen molar-refractivity contribution in [3.05, 3.63) is 24.3 Å². The van der Waals surface area contributed by atoms with E-state index in [1.165, 1.54) is 12.0 Å². The Morgan fingerprint density at radius 3 is 2.56 bits per heavy atom. The second-order valence-electron chi connectivity index (χ2n) is 7.07. The van der Waals surface area contributed by atoms with Gasteiger partial charge in [0.25, 0.3) is 5.91 Å². The van der Waals surface area contributed by atoms with Crippen molar-refractivity contribution in [2.24, 2.45) is 5.92 Å². The van der Waals surface area contributed by atoms with Crippen LogP contribution in [0.4, 0.5) is 5.69 Å². The topological polar surface area (TPSA) is 72.3 Å². The highest BCUT2D eigenvalue weighted by Crippen LogP contribution is 2.20. The molecular formula is C20H32N3O4+. The summed E-state index contributed by atoms with van der Waals surface area (Å²) in [5, 5.41) is 2.86. The van der Waals surface area contributed by atoms with Gasteiger partial charge < -0.3 is 24.6 Å². The number of rotatable bonds is 8. The Kier molecular flexibility index (Phi) is 7.91. The van der Waals surface area contributed by atoms with Crippen molar-refractivity contribution in [3.63, 3.8) is 0 Å². The van der Waals surface area contributed by atoms with Crippen LogP contribution in [0.2, 0.25) is 0 Å². The van der Waals surface area contributed by atoms with Crippen molar-refractivity contribution in [2.75, 3.05) is 51.8 Å². The minimum atomic E-state index is -0.579. The van der Waals surface area contributed by atoms with Crippen LogP contribution in [0.15, 0.2) is 24.3 Å². The molecule has 1 fully saturated rings. The first-order valence-electron chi connectivity index (χ1n) is 9.58. The lowest BCUT2D eigenvalue weighted by Crippen LogP contribution is -3.16. The van der Waals surface area contributed by atoms with Crippen LogP contribution < -0.4 is 19.9 Å². The largest absolute Gasteiger partial charge is 0.497 e. The second-order valence-corrected chi connectivity index (χ2v) is 7.07. The summed E-state index contributed by atoms with van der Waals surface area (Å²) in [6.45, 7) is 7.81. The number of benzene rings is 1. The van der Waals surface area contributed by atoms with Crippen LogP contribution in [0, 0.1) is 5.92 Å². The van der Waals surface area contributed by atoms with Crippen LogP contribution in [0.25, 0.3) is 0 Å². The molecule has 2 rings (SSSR count). The van der Waals surface area contributed by atoms with Gasteiger partial charge in [0.15, 0.2) is 6.54 Å². The Morgan fingerprint density at radius 2 is 1.96 bits per heavy atom. The van der Waals surface area contributed by atoms with Crippen molar-refractivity contribution in [3.8, 4) is 5.75 Å². The predicted molar refractivity (Wildman–Crippen MR) is 104 cm³/mol. The Balaban J connectivity index is 1.85. The molecule has 0 radical (unpaired) electrons. The normalized spacial score (nSPS) is 17.1. The third-order valence-electron chi connectivity index (χ3n) is 5.28. The van der Waals surface area contributed by atoms with Crippen molar-refractivity contribution >= 4 is 17.6 Å². The van der Waals surface area contributed by atoms with Crippen molar-refractivity contribution in [1.82, 2.24) is 5.32 Å². The Labute approximate surface area is 161 Å². The number of hydrogen-bond donors (Lipinski definition) is 2. The lowest BCUT2D eigenvalue weighted by atomic mass is 9.99. The number of carbonyl (C=O) groups excluding carboxylic acids is 2. The smallest absolute Gasteiger partial charge is 0.328 e. The van der Waals surface area contributed by atoms with Gasteiger partial charge in [-0.15, -0.1) is 0 Å². The van der Waals surface area contributed by atoms with Gasteiger partial charge in [0.05, 0.1) is 40.4 Å². The monoisotopic (exact) mass is 378 g/mol. The molecular weight excluding hydrogens is 346 g/mol. The molecule has 7 heteroatoms. The average molecular weight is 378 g/mol. The van der Waals surface area contributed by atoms with E-state index in [9.17, 15) is 9.59 Å². The van der Waals surface area contributed by atoms with E-state index in [1.54, 1.807) is 7.11 Å². The molecule has 1 aromatic carbocycles. The summed E-state index contributed by atoms with van der Waals surface area (Å²) < 4.78 is 10.1. The first-order chi connectivity index (χ1) is 13.0. The maximum absolute atomic E-state index is 12.4. The summed E-state index contributed by atoms with van der Waals surface area (Å²) in [7, 11) is 3.02. The summed E-state index contributed by atoms with van der Waals surface area (Å²) in [6.07, 6.45) is 0.798. The van der Waals surface area contributed by atoms with E-state index in [-0.39, 0.29) is 17.8 Å². The van der Waals surface area contributed by atoms with Crippen LogP contribution in [0.5, 0.6) is 5.75 Å². The number of ether oxygens (including phenoxy) is 2. The minimum Gasteiger partial charge on any atom is -0.497 e. The van der Waals surface area contributed by atoms with E-state index in [0.717, 1.165) is 44.0 Å². The molecule has 0 unspecified atom stereocenters. The summed E-state index contributed by atoms with van der Waals surface area (Å²) in [6, 6.07) is 7.45. The van der Waals surface area contributed by atoms with Gasteiger partial charge in [0, 0.05) is 11.8 Å². The van der Waals surface area contributed by atoms with Gasteiger partial charge in [-0.25, -0.2) is 4.79 Å². The molecule has 1 saturated heterocycles. The summed E-state index contributed by atoms with van der Waals surface area (Å²) >= 11 is 0. The Hall–Kier alpha value is -2.28. The number of methoxy groups -OCH3 is 2. The van der Waals surface area contributed by atoms with Crippen LogP contribution in [-0.4, -0.2) is 64.9 Å². The highest BCUT2D eigenvalue weighted by atomic mass is 16.5. The lowest BCUT2D eigenvalue weighted by molar-refractivity contribution is -0.892. The molecule has 1 aliphatic rings. The van der Waals surface area contributed by atoms with Crippen LogP contribution >= 0.6 is 0 Å². The number of hydrogen-bond acceptors (Lipinski definition) is 5. The highest BCUT2D eigenvalue weighted by Gasteiger charge is 2.29. The number of piperazine rings is 1. The lowest BCUT2D eigenvalue weighted by Gasteiger charge is -2.33. The van der Waals surface area contributed by atoms with E-state index < -0.39 is 6.04 Å². The van der Waals surface area contributed by atoms with Gasteiger partial charge >= 0.3 is 5.97 Å². The van der Waals surface area contributed by atoms with Crippen LogP contribution in [0.1, 0.15) is 20.3 Å². The number of nitrogens with one attached hydrogen (secondary N) is 2. The SMILES string of the molecule is CC[C@@H](C)[C@H](NC(=O)C[NH+]1CCN(c2cccc(OC)c2)CC1)C(=O)OC. The molecule has 0 spiro atoms. The van der Waals surface area contributed by atoms with Gasteiger partial charge in [-0.1, -0.05) is 26.3 Å². The van der Waals surface area contributed by atoms with E-state index in [0.29, 0.717) is 6.54 Å². The van der Waals surface area contributed by atoms with Crippen molar-refractivity contribution in [2.45, 2.75) is 26.3 Å². The summed E-state index contributed by atoms with van der Waals surface area (Å²) in [5.74, 6) is 0.410. The molecule has 0 saturated carbocycles. The molecule has 150 valence electrons. The molecule has 1 aromatic rings. The number of nitrogens with zero attached hydrogens (tertiary/aromatic N) is 1. The average Bonchev–Trinajstić information content (AvgIpc) is 2.71. The van der Waals surface area contributed by atoms with Gasteiger partial charge in [-0.05, 0) is 18.1 Å². The summed E-state index contributed by atoms with van der Waals surface area (Å²) in [5.41, 5.74) is 1.14. The number of carbonyl (C=O) groups is 2. The number of anilines is 1. The van der Waals surface area contributed by atoms with Crippen LogP contribution in [0.3, 0.4) is 0 Å². The fourth-order valence-electron chi connectivity index (χ4n) is 3.31. The molecule has 1 aliphatic heterocycles. The first-order valence-corrected chi connectivity index (χ1v) is 9.58. The third kappa shape index (κ3) is 5.85. The maximum Gasteiger partial charge on any atom is 0.328 e. The molecule has 0 aliphatic carbocycles. The zero-order chi connectivity index (χ0) is 19.8. The molecule has 7 nitrogen and oxygen atoms in total. The second kappa shape index (κ2) is 10.2. The molecule has 2 atom stereocenters. The fraction of sp³-hybridized carbons (Fsp3) is 0.600.